The second-order valence-corrected chi connectivity index (χ2v) is 10.2. The van der Waals surface area contributed by atoms with Crippen molar-refractivity contribution in [3.63, 3.8) is 0 Å². The SMILES string of the molecule is CC(CC1CCCCC1)NCc1ccccc1CS(=O)(=O)N(C)C[C@H](O)CO. The van der Waals surface area contributed by atoms with E-state index in [0.29, 0.717) is 12.6 Å². The van der Waals surface area contributed by atoms with E-state index >= 15 is 0 Å². The lowest BCUT2D eigenvalue weighted by Crippen LogP contribution is -2.36. The number of benzene rings is 1. The van der Waals surface area contributed by atoms with Gasteiger partial charge in [-0.3, -0.25) is 0 Å². The van der Waals surface area contributed by atoms with Gasteiger partial charge in [0.1, 0.15) is 0 Å². The van der Waals surface area contributed by atoms with E-state index in [1.54, 1.807) is 0 Å². The largest absolute Gasteiger partial charge is 0.394 e. The summed E-state index contributed by atoms with van der Waals surface area (Å²) in [4.78, 5) is 0. The first-order valence-corrected chi connectivity index (χ1v) is 12.0. The molecule has 0 aromatic heterocycles. The second kappa shape index (κ2) is 11.3. The lowest BCUT2D eigenvalue weighted by atomic mass is 9.85. The van der Waals surface area contributed by atoms with E-state index in [1.807, 2.05) is 24.3 Å². The van der Waals surface area contributed by atoms with Gasteiger partial charge in [-0.15, -0.1) is 0 Å². The highest BCUT2D eigenvalue weighted by molar-refractivity contribution is 7.88. The molecule has 3 N–H and O–H groups in total. The molecule has 0 heterocycles. The maximum absolute atomic E-state index is 12.6. The Morgan fingerprint density at radius 3 is 2.46 bits per heavy atom. The fourth-order valence-electron chi connectivity index (χ4n) is 3.94. The number of likely N-dealkylation sites (N-methyl/N-ethyl adjacent to an activating group) is 1. The highest BCUT2D eigenvalue weighted by Crippen LogP contribution is 2.27. The molecule has 1 saturated carbocycles. The molecule has 0 saturated heterocycles. The highest BCUT2D eigenvalue weighted by Gasteiger charge is 2.22. The third-order valence-corrected chi connectivity index (χ3v) is 7.44. The first-order valence-electron chi connectivity index (χ1n) is 10.3. The van der Waals surface area contributed by atoms with E-state index in [1.165, 1.54) is 45.6 Å². The molecule has 1 unspecified atom stereocenters. The van der Waals surface area contributed by atoms with Gasteiger partial charge in [0, 0.05) is 26.2 Å². The molecule has 1 fully saturated rings. The summed E-state index contributed by atoms with van der Waals surface area (Å²) in [5, 5.41) is 22.0. The van der Waals surface area contributed by atoms with Crippen molar-refractivity contribution >= 4 is 10.0 Å². The first-order chi connectivity index (χ1) is 13.3. The molecular formula is C21H36N2O4S. The molecule has 160 valence electrons. The number of sulfonamides is 1. The molecular weight excluding hydrogens is 376 g/mol. The van der Waals surface area contributed by atoms with Crippen molar-refractivity contribution in [1.82, 2.24) is 9.62 Å². The van der Waals surface area contributed by atoms with Crippen LogP contribution in [0.3, 0.4) is 0 Å². The molecule has 1 aliphatic carbocycles. The summed E-state index contributed by atoms with van der Waals surface area (Å²) in [6.07, 6.45) is 6.80. The highest BCUT2D eigenvalue weighted by atomic mass is 32.2. The third-order valence-electron chi connectivity index (χ3n) is 5.66. The average Bonchev–Trinajstić information content (AvgIpc) is 2.67. The first kappa shape index (κ1) is 23.3. The number of rotatable bonds is 11. The smallest absolute Gasteiger partial charge is 0.218 e. The fraction of sp³-hybridized carbons (Fsp3) is 0.714. The summed E-state index contributed by atoms with van der Waals surface area (Å²) in [6.45, 7) is 2.28. The zero-order valence-electron chi connectivity index (χ0n) is 17.2. The molecule has 2 rings (SSSR count). The van der Waals surface area contributed by atoms with Gasteiger partial charge in [-0.2, -0.15) is 0 Å². The predicted octanol–water partition coefficient (Wildman–Crippen LogP) is 2.25. The molecule has 1 aliphatic rings. The molecule has 1 aromatic carbocycles. The molecule has 7 heteroatoms. The minimum Gasteiger partial charge on any atom is -0.394 e. The van der Waals surface area contributed by atoms with Crippen LogP contribution < -0.4 is 5.32 Å². The molecule has 0 radical (unpaired) electrons. The molecule has 6 nitrogen and oxygen atoms in total. The van der Waals surface area contributed by atoms with Crippen molar-refractivity contribution in [3.8, 4) is 0 Å². The fourth-order valence-corrected chi connectivity index (χ4v) is 5.23. The molecule has 0 bridgehead atoms. The molecule has 0 amide bonds. The number of aliphatic hydroxyl groups is 2. The lowest BCUT2D eigenvalue weighted by molar-refractivity contribution is 0.0825. The molecule has 2 atom stereocenters. The Kier molecular flexibility index (Phi) is 9.37. The zero-order chi connectivity index (χ0) is 20.6. The Labute approximate surface area is 170 Å². The molecule has 0 aliphatic heterocycles. The van der Waals surface area contributed by atoms with Gasteiger partial charge in [0.2, 0.25) is 10.0 Å². The third kappa shape index (κ3) is 7.44. The lowest BCUT2D eigenvalue weighted by Gasteiger charge is -2.25. The Balaban J connectivity index is 1.94. The van der Waals surface area contributed by atoms with Crippen molar-refractivity contribution in [1.29, 1.82) is 0 Å². The molecule has 0 spiro atoms. The predicted molar refractivity (Wildman–Crippen MR) is 112 cm³/mol. The van der Waals surface area contributed by atoms with Gasteiger partial charge in [0.15, 0.2) is 0 Å². The van der Waals surface area contributed by atoms with Crippen LogP contribution in [-0.4, -0.2) is 55.3 Å². The van der Waals surface area contributed by atoms with Crippen LogP contribution in [0.15, 0.2) is 24.3 Å². The summed E-state index contributed by atoms with van der Waals surface area (Å²) in [7, 11) is -2.14. The van der Waals surface area contributed by atoms with Crippen molar-refractivity contribution in [3.05, 3.63) is 35.4 Å². The maximum atomic E-state index is 12.6. The van der Waals surface area contributed by atoms with Crippen LogP contribution in [0, 0.1) is 5.92 Å². The van der Waals surface area contributed by atoms with E-state index in [9.17, 15) is 13.5 Å². The van der Waals surface area contributed by atoms with E-state index in [0.717, 1.165) is 21.4 Å². The number of aliphatic hydroxyl groups excluding tert-OH is 2. The van der Waals surface area contributed by atoms with E-state index in [2.05, 4.69) is 12.2 Å². The van der Waals surface area contributed by atoms with Crippen LogP contribution in [0.5, 0.6) is 0 Å². The van der Waals surface area contributed by atoms with Gasteiger partial charge in [0.05, 0.1) is 18.5 Å². The Hall–Kier alpha value is -0.990. The average molecular weight is 413 g/mol. The summed E-state index contributed by atoms with van der Waals surface area (Å²) in [5.41, 5.74) is 1.75. The summed E-state index contributed by atoms with van der Waals surface area (Å²) < 4.78 is 26.3. The van der Waals surface area contributed by atoms with E-state index < -0.39 is 22.7 Å². The standard InChI is InChI=1S/C21H36N2O4S/c1-17(12-18-8-4-3-5-9-18)22-13-19-10-6-7-11-20(19)16-28(26,27)23(2)14-21(25)15-24/h6-7,10-11,17-18,21-22,24-25H,3-5,8-9,12-16H2,1-2H3/t17?,21-/m0/s1. The summed E-state index contributed by atoms with van der Waals surface area (Å²) >= 11 is 0. The zero-order valence-corrected chi connectivity index (χ0v) is 18.0. The monoisotopic (exact) mass is 412 g/mol. The number of hydrogen-bond donors (Lipinski definition) is 3. The Morgan fingerprint density at radius 1 is 1.18 bits per heavy atom. The van der Waals surface area contributed by atoms with Crippen LogP contribution in [0.25, 0.3) is 0 Å². The summed E-state index contributed by atoms with van der Waals surface area (Å²) in [5.74, 6) is 0.690. The minimum atomic E-state index is -3.57. The Morgan fingerprint density at radius 2 is 1.82 bits per heavy atom. The van der Waals surface area contributed by atoms with Gasteiger partial charge >= 0.3 is 0 Å². The minimum absolute atomic E-state index is 0.113. The van der Waals surface area contributed by atoms with Gasteiger partial charge in [-0.05, 0) is 30.4 Å². The van der Waals surface area contributed by atoms with Gasteiger partial charge in [-0.1, -0.05) is 56.4 Å². The van der Waals surface area contributed by atoms with Crippen molar-refractivity contribution in [2.24, 2.45) is 5.92 Å². The van der Waals surface area contributed by atoms with Crippen LogP contribution in [-0.2, 0) is 22.3 Å². The maximum Gasteiger partial charge on any atom is 0.218 e. The van der Waals surface area contributed by atoms with Crippen LogP contribution >= 0.6 is 0 Å². The van der Waals surface area contributed by atoms with Crippen molar-refractivity contribution in [2.75, 3.05) is 20.2 Å². The Bertz CT molecular complexity index is 689. The van der Waals surface area contributed by atoms with Crippen LogP contribution in [0.4, 0.5) is 0 Å². The van der Waals surface area contributed by atoms with E-state index in [-0.39, 0.29) is 12.3 Å². The quantitative estimate of drug-likeness (QED) is 0.519. The molecule has 28 heavy (non-hydrogen) atoms. The van der Waals surface area contributed by atoms with Gasteiger partial charge in [0.25, 0.3) is 0 Å². The van der Waals surface area contributed by atoms with Crippen molar-refractivity contribution in [2.45, 2.75) is 69.9 Å². The van der Waals surface area contributed by atoms with Crippen molar-refractivity contribution < 1.29 is 18.6 Å². The second-order valence-electron chi connectivity index (χ2n) is 8.16. The summed E-state index contributed by atoms with van der Waals surface area (Å²) in [6, 6.07) is 7.99. The number of nitrogens with one attached hydrogen (secondary N) is 1. The molecule has 1 aromatic rings. The van der Waals surface area contributed by atoms with Crippen LogP contribution in [0.2, 0.25) is 0 Å². The van der Waals surface area contributed by atoms with E-state index in [4.69, 9.17) is 5.11 Å². The van der Waals surface area contributed by atoms with Gasteiger partial charge in [-0.25, -0.2) is 12.7 Å². The van der Waals surface area contributed by atoms with Crippen LogP contribution in [0.1, 0.15) is 56.6 Å². The van der Waals surface area contributed by atoms with Gasteiger partial charge < -0.3 is 15.5 Å². The topological polar surface area (TPSA) is 89.9 Å². The number of hydrogen-bond acceptors (Lipinski definition) is 5. The normalized spacial score (nSPS) is 18.3. The number of nitrogens with zero attached hydrogens (tertiary/aromatic N) is 1.